The lowest BCUT2D eigenvalue weighted by molar-refractivity contribution is 0.0390. The molecule has 1 unspecified atom stereocenters. The van der Waals surface area contributed by atoms with Gasteiger partial charge in [-0.3, -0.25) is 0 Å². The Morgan fingerprint density at radius 3 is 2.75 bits per heavy atom. The van der Waals surface area contributed by atoms with Crippen LogP contribution < -0.4 is 0 Å². The highest BCUT2D eigenvalue weighted by atomic mass is 16.5. The maximum absolute atomic E-state index is 5.31. The van der Waals surface area contributed by atoms with E-state index in [0.717, 1.165) is 6.61 Å². The second-order valence-corrected chi connectivity index (χ2v) is 2.14. The van der Waals surface area contributed by atoms with Crippen molar-refractivity contribution in [2.45, 2.75) is 25.4 Å². The SMILES string of the molecule is [CH2-][CH+]C1CCCCO1. The molecule has 1 aliphatic heterocycles. The summed E-state index contributed by atoms with van der Waals surface area (Å²) in [6, 6.07) is 0. The van der Waals surface area contributed by atoms with E-state index in [4.69, 9.17) is 4.74 Å². The van der Waals surface area contributed by atoms with Crippen molar-refractivity contribution in [3.05, 3.63) is 13.3 Å². The van der Waals surface area contributed by atoms with Gasteiger partial charge < -0.3 is 4.74 Å². The first-order valence-corrected chi connectivity index (χ1v) is 3.17. The Morgan fingerprint density at radius 1 is 1.50 bits per heavy atom. The van der Waals surface area contributed by atoms with Gasteiger partial charge in [0, 0.05) is 6.42 Å². The Labute approximate surface area is 51.0 Å². The van der Waals surface area contributed by atoms with E-state index in [0.29, 0.717) is 6.10 Å². The molecule has 0 aromatic carbocycles. The molecule has 8 heavy (non-hydrogen) atoms. The first kappa shape index (κ1) is 5.96. The van der Waals surface area contributed by atoms with Crippen molar-refractivity contribution in [3.63, 3.8) is 0 Å². The first-order chi connectivity index (χ1) is 3.93. The van der Waals surface area contributed by atoms with Crippen LogP contribution in [0.15, 0.2) is 0 Å². The quantitative estimate of drug-likeness (QED) is 0.468. The van der Waals surface area contributed by atoms with Crippen LogP contribution in [0, 0.1) is 13.3 Å². The van der Waals surface area contributed by atoms with Gasteiger partial charge in [-0.2, -0.15) is 0 Å². The molecule has 1 fully saturated rings. The van der Waals surface area contributed by atoms with Gasteiger partial charge in [-0.25, -0.2) is 0 Å². The average molecular weight is 112 g/mol. The van der Waals surface area contributed by atoms with Crippen LogP contribution in [0.3, 0.4) is 0 Å². The first-order valence-electron chi connectivity index (χ1n) is 3.17. The Bertz CT molecular complexity index is 55.4. The summed E-state index contributed by atoms with van der Waals surface area (Å²) in [7, 11) is 0. The van der Waals surface area contributed by atoms with Crippen LogP contribution in [0.4, 0.5) is 0 Å². The number of hydrogen-bond donors (Lipinski definition) is 0. The van der Waals surface area contributed by atoms with Crippen LogP contribution in [0.2, 0.25) is 0 Å². The molecule has 0 aromatic heterocycles. The molecule has 0 amide bonds. The van der Waals surface area contributed by atoms with Gasteiger partial charge in [0.1, 0.15) is 0 Å². The van der Waals surface area contributed by atoms with Crippen molar-refractivity contribution in [3.8, 4) is 0 Å². The summed E-state index contributed by atoms with van der Waals surface area (Å²) in [6.45, 7) is 4.59. The topological polar surface area (TPSA) is 9.23 Å². The van der Waals surface area contributed by atoms with E-state index in [-0.39, 0.29) is 0 Å². The summed E-state index contributed by atoms with van der Waals surface area (Å²) in [6.07, 6.45) is 5.94. The molecule has 1 atom stereocenters. The van der Waals surface area contributed by atoms with Crippen molar-refractivity contribution in [2.24, 2.45) is 0 Å². The summed E-state index contributed by atoms with van der Waals surface area (Å²) in [5.74, 6) is 0. The molecule has 0 aromatic rings. The summed E-state index contributed by atoms with van der Waals surface area (Å²) < 4.78 is 5.31. The second kappa shape index (κ2) is 2.98. The lowest BCUT2D eigenvalue weighted by atomic mass is 10.1. The van der Waals surface area contributed by atoms with Crippen molar-refractivity contribution in [1.29, 1.82) is 0 Å². The number of rotatable bonds is 1. The second-order valence-electron chi connectivity index (χ2n) is 2.14. The molecule has 0 radical (unpaired) electrons. The van der Waals surface area contributed by atoms with E-state index in [9.17, 15) is 0 Å². The molecule has 46 valence electrons. The van der Waals surface area contributed by atoms with E-state index in [1.54, 1.807) is 0 Å². The van der Waals surface area contributed by atoms with Gasteiger partial charge in [-0.15, -0.1) is 6.92 Å². The smallest absolute Gasteiger partial charge is 0.166 e. The van der Waals surface area contributed by atoms with Gasteiger partial charge in [-0.1, -0.05) is 0 Å². The van der Waals surface area contributed by atoms with Crippen LogP contribution in [0.25, 0.3) is 0 Å². The fourth-order valence-corrected chi connectivity index (χ4v) is 0.952. The molecular formula is C7H12O. The van der Waals surface area contributed by atoms with Crippen molar-refractivity contribution in [2.75, 3.05) is 6.61 Å². The van der Waals surface area contributed by atoms with Gasteiger partial charge in [0.05, 0.1) is 6.61 Å². The normalized spacial score (nSPS) is 29.9. The maximum Gasteiger partial charge on any atom is 0.166 e. The fourth-order valence-electron chi connectivity index (χ4n) is 0.952. The Hall–Kier alpha value is -0.170. The molecule has 0 N–H and O–H groups in total. The number of ether oxygens (including phenoxy) is 1. The molecule has 1 saturated heterocycles. The van der Waals surface area contributed by atoms with Gasteiger partial charge in [0.25, 0.3) is 0 Å². The summed E-state index contributed by atoms with van der Waals surface area (Å²) >= 11 is 0. The van der Waals surface area contributed by atoms with Crippen LogP contribution in [0.5, 0.6) is 0 Å². The standard InChI is InChI=1S/C7H12O/c1-2-7-5-3-4-6-8-7/h2,7H,1,3-6H2. The Kier molecular flexibility index (Phi) is 2.22. The summed E-state index contributed by atoms with van der Waals surface area (Å²) in [5.41, 5.74) is 0. The summed E-state index contributed by atoms with van der Waals surface area (Å²) in [5, 5.41) is 0. The van der Waals surface area contributed by atoms with Crippen LogP contribution in [-0.4, -0.2) is 12.7 Å². The zero-order valence-electron chi connectivity index (χ0n) is 5.10. The highest BCUT2D eigenvalue weighted by molar-refractivity contribution is 4.80. The van der Waals surface area contributed by atoms with E-state index in [2.05, 4.69) is 6.92 Å². The van der Waals surface area contributed by atoms with Crippen LogP contribution in [-0.2, 0) is 4.74 Å². The highest BCUT2D eigenvalue weighted by Gasteiger charge is 2.13. The maximum atomic E-state index is 5.31. The molecular weight excluding hydrogens is 100 g/mol. The highest BCUT2D eigenvalue weighted by Crippen LogP contribution is 2.13. The third kappa shape index (κ3) is 1.41. The Balaban J connectivity index is 2.13. The monoisotopic (exact) mass is 112 g/mol. The lowest BCUT2D eigenvalue weighted by Gasteiger charge is -2.16. The molecule has 1 heterocycles. The molecule has 0 saturated carbocycles. The summed E-state index contributed by atoms with van der Waals surface area (Å²) in [4.78, 5) is 0. The molecule has 1 heteroatoms. The van der Waals surface area contributed by atoms with E-state index in [1.165, 1.54) is 19.3 Å². The van der Waals surface area contributed by atoms with Gasteiger partial charge in [0.15, 0.2) is 6.10 Å². The number of hydrogen-bond acceptors (Lipinski definition) is 1. The predicted molar refractivity (Wildman–Crippen MR) is 33.2 cm³/mol. The average Bonchev–Trinajstić information content (AvgIpc) is 1.90. The third-order valence-electron chi connectivity index (χ3n) is 1.48. The molecule has 1 aliphatic rings. The van der Waals surface area contributed by atoms with Crippen molar-refractivity contribution < 1.29 is 4.74 Å². The molecule has 1 rings (SSSR count). The molecule has 0 aliphatic carbocycles. The van der Waals surface area contributed by atoms with Gasteiger partial charge in [-0.05, 0) is 19.3 Å². The predicted octanol–water partition coefficient (Wildman–Crippen LogP) is 1.59. The van der Waals surface area contributed by atoms with Crippen LogP contribution in [0.1, 0.15) is 19.3 Å². The zero-order valence-corrected chi connectivity index (χ0v) is 5.10. The van der Waals surface area contributed by atoms with Crippen molar-refractivity contribution >= 4 is 0 Å². The Morgan fingerprint density at radius 2 is 2.38 bits per heavy atom. The third-order valence-corrected chi connectivity index (χ3v) is 1.48. The van der Waals surface area contributed by atoms with E-state index in [1.807, 2.05) is 6.42 Å². The van der Waals surface area contributed by atoms with Crippen molar-refractivity contribution in [1.82, 2.24) is 0 Å². The van der Waals surface area contributed by atoms with Gasteiger partial charge in [0.2, 0.25) is 0 Å². The van der Waals surface area contributed by atoms with E-state index < -0.39 is 0 Å². The minimum Gasteiger partial charge on any atom is -0.340 e. The largest absolute Gasteiger partial charge is 0.340 e. The minimum absolute atomic E-state index is 0.351. The fraction of sp³-hybridized carbons (Fsp3) is 0.714. The molecule has 1 nitrogen and oxygen atoms in total. The minimum atomic E-state index is 0.351. The zero-order chi connectivity index (χ0) is 5.82. The molecule has 0 spiro atoms. The lowest BCUT2D eigenvalue weighted by Crippen LogP contribution is -2.17. The van der Waals surface area contributed by atoms with Crippen LogP contribution >= 0.6 is 0 Å². The van der Waals surface area contributed by atoms with E-state index >= 15 is 0 Å². The molecule has 0 bridgehead atoms. The van der Waals surface area contributed by atoms with Gasteiger partial charge >= 0.3 is 0 Å².